The lowest BCUT2D eigenvalue weighted by molar-refractivity contribution is 0.0753. The predicted octanol–water partition coefficient (Wildman–Crippen LogP) is 3.79. The fraction of sp³-hybridized carbons (Fsp3) is 0.462. The van der Waals surface area contributed by atoms with Gasteiger partial charge in [0.15, 0.2) is 5.82 Å². The lowest BCUT2D eigenvalue weighted by Crippen LogP contribution is -2.56. The number of rotatable bonds is 4. The number of aromatic nitrogens is 4. The highest BCUT2D eigenvalue weighted by Gasteiger charge is 2.49. The van der Waals surface area contributed by atoms with Gasteiger partial charge in [-0.25, -0.2) is 0 Å². The molecule has 0 spiro atoms. The summed E-state index contributed by atoms with van der Waals surface area (Å²) in [4.78, 5) is 14.9. The molecule has 2 atom stereocenters. The topological polar surface area (TPSA) is 85.2 Å². The van der Waals surface area contributed by atoms with Crippen molar-refractivity contribution < 1.29 is 9.53 Å². The number of ether oxygens (including phenoxy) is 1. The van der Waals surface area contributed by atoms with Crippen LogP contribution in [0.1, 0.15) is 61.1 Å². The van der Waals surface area contributed by atoms with Crippen LogP contribution in [0.15, 0.2) is 36.5 Å². The van der Waals surface area contributed by atoms with Crippen LogP contribution < -0.4 is 15.0 Å². The Kier molecular flexibility index (Phi) is 4.61. The lowest BCUT2D eigenvalue weighted by atomic mass is 9.86. The first-order chi connectivity index (χ1) is 16.2. The van der Waals surface area contributed by atoms with Crippen molar-refractivity contribution in [3.63, 3.8) is 0 Å². The van der Waals surface area contributed by atoms with Crippen molar-refractivity contribution in [1.82, 2.24) is 25.3 Å². The van der Waals surface area contributed by atoms with Gasteiger partial charge in [0, 0.05) is 54.4 Å². The zero-order valence-corrected chi connectivity index (χ0v) is 20.1. The molecule has 0 radical (unpaired) electrons. The summed E-state index contributed by atoms with van der Waals surface area (Å²) < 4.78 is 8.02. The molecule has 176 valence electrons. The van der Waals surface area contributed by atoms with Crippen molar-refractivity contribution in [2.75, 3.05) is 4.90 Å². The molecular formula is C26H30N6O2. The maximum atomic E-state index is 13.2. The number of benzene rings is 1. The molecule has 0 aliphatic carbocycles. The second-order valence-corrected chi connectivity index (χ2v) is 10.7. The summed E-state index contributed by atoms with van der Waals surface area (Å²) in [6, 6.07) is 9.69. The van der Waals surface area contributed by atoms with E-state index < -0.39 is 0 Å². The van der Waals surface area contributed by atoms with Gasteiger partial charge in [0.05, 0.1) is 12.2 Å². The molecule has 8 heteroatoms. The van der Waals surface area contributed by atoms with Crippen LogP contribution in [0.25, 0.3) is 11.1 Å². The summed E-state index contributed by atoms with van der Waals surface area (Å²) in [7, 11) is 1.90. The van der Waals surface area contributed by atoms with E-state index in [2.05, 4.69) is 40.5 Å². The zero-order valence-electron chi connectivity index (χ0n) is 20.1. The third-order valence-electron chi connectivity index (χ3n) is 7.62. The van der Waals surface area contributed by atoms with Crippen molar-refractivity contribution in [1.29, 1.82) is 0 Å². The van der Waals surface area contributed by atoms with Gasteiger partial charge >= 0.3 is 0 Å². The van der Waals surface area contributed by atoms with Gasteiger partial charge < -0.3 is 10.1 Å². The molecule has 1 aromatic carbocycles. The number of carbonyl (C=O) groups excluding carboxylic acids is 1. The average Bonchev–Trinajstić information content (AvgIpc) is 3.38. The number of aryl methyl sites for hydroxylation is 2. The number of anilines is 1. The first-order valence-electron chi connectivity index (χ1n) is 12.0. The van der Waals surface area contributed by atoms with Crippen molar-refractivity contribution >= 4 is 11.7 Å². The molecule has 2 saturated heterocycles. The van der Waals surface area contributed by atoms with Gasteiger partial charge in [0.25, 0.3) is 5.91 Å². The molecule has 5 heterocycles. The SMILES string of the molecule is Cc1nn(C)cc1-c1ccc2c(c1)C(=O)N(c1ccc(OC3CC4(C)CCC(C)(C3)N4)nn1)C2. The largest absolute Gasteiger partial charge is 0.473 e. The van der Waals surface area contributed by atoms with E-state index in [0.29, 0.717) is 23.8 Å². The third kappa shape index (κ3) is 3.57. The highest BCUT2D eigenvalue weighted by Crippen LogP contribution is 2.43. The molecule has 8 nitrogen and oxygen atoms in total. The number of nitrogens with zero attached hydrogens (tertiary/aromatic N) is 5. The molecule has 0 saturated carbocycles. The monoisotopic (exact) mass is 458 g/mol. The Morgan fingerprint density at radius 3 is 2.47 bits per heavy atom. The van der Waals surface area contributed by atoms with Gasteiger partial charge in [-0.2, -0.15) is 5.10 Å². The Hall–Kier alpha value is -3.26. The molecule has 6 rings (SSSR count). The smallest absolute Gasteiger partial charge is 0.260 e. The average molecular weight is 459 g/mol. The minimum Gasteiger partial charge on any atom is -0.473 e. The molecule has 1 amide bonds. The molecule has 2 fully saturated rings. The maximum absolute atomic E-state index is 13.2. The first-order valence-corrected chi connectivity index (χ1v) is 12.0. The van der Waals surface area contributed by atoms with Crippen LogP contribution in [-0.2, 0) is 13.6 Å². The van der Waals surface area contributed by atoms with Crippen LogP contribution >= 0.6 is 0 Å². The predicted molar refractivity (Wildman–Crippen MR) is 129 cm³/mol. The van der Waals surface area contributed by atoms with Gasteiger partial charge in [-0.1, -0.05) is 12.1 Å². The van der Waals surface area contributed by atoms with Gasteiger partial charge in [-0.15, -0.1) is 10.2 Å². The summed E-state index contributed by atoms with van der Waals surface area (Å²) in [6.07, 6.45) is 6.37. The van der Waals surface area contributed by atoms with E-state index in [0.717, 1.165) is 35.2 Å². The summed E-state index contributed by atoms with van der Waals surface area (Å²) >= 11 is 0. The van der Waals surface area contributed by atoms with Crippen molar-refractivity contribution in [2.24, 2.45) is 7.05 Å². The fourth-order valence-corrected chi connectivity index (χ4v) is 6.10. The number of hydrogen-bond donors (Lipinski definition) is 1. The van der Waals surface area contributed by atoms with E-state index in [1.807, 2.05) is 44.4 Å². The van der Waals surface area contributed by atoms with Crippen LogP contribution in [0.5, 0.6) is 5.88 Å². The highest BCUT2D eigenvalue weighted by molar-refractivity contribution is 6.10. The highest BCUT2D eigenvalue weighted by atomic mass is 16.5. The molecule has 34 heavy (non-hydrogen) atoms. The second-order valence-electron chi connectivity index (χ2n) is 10.7. The first kappa shape index (κ1) is 21.3. The normalized spacial score (nSPS) is 27.8. The minimum absolute atomic E-state index is 0.0582. The van der Waals surface area contributed by atoms with Crippen molar-refractivity contribution in [3.05, 3.63) is 53.3 Å². The summed E-state index contributed by atoms with van der Waals surface area (Å²) in [5.74, 6) is 0.995. The Balaban J connectivity index is 1.18. The number of piperidine rings is 1. The van der Waals surface area contributed by atoms with Gasteiger partial charge in [0.2, 0.25) is 5.88 Å². The third-order valence-corrected chi connectivity index (χ3v) is 7.62. The molecular weight excluding hydrogens is 428 g/mol. The number of hydrogen-bond acceptors (Lipinski definition) is 6. The quantitative estimate of drug-likeness (QED) is 0.640. The fourth-order valence-electron chi connectivity index (χ4n) is 6.10. The number of nitrogens with one attached hydrogen (secondary N) is 1. The summed E-state index contributed by atoms with van der Waals surface area (Å²) in [5.41, 5.74) is 4.92. The second kappa shape index (κ2) is 7.37. The van der Waals surface area contributed by atoms with Crippen LogP contribution in [-0.4, -0.2) is 43.1 Å². The number of fused-ring (bicyclic) bond motifs is 3. The van der Waals surface area contributed by atoms with Gasteiger partial charge in [-0.3, -0.25) is 14.4 Å². The number of amides is 1. The Bertz CT molecular complexity index is 1270. The van der Waals surface area contributed by atoms with E-state index >= 15 is 0 Å². The Morgan fingerprint density at radius 2 is 1.82 bits per heavy atom. The van der Waals surface area contributed by atoms with E-state index in [-0.39, 0.29) is 23.1 Å². The van der Waals surface area contributed by atoms with Crippen LogP contribution in [0.2, 0.25) is 0 Å². The summed E-state index contributed by atoms with van der Waals surface area (Å²) in [6.45, 7) is 7.02. The Labute approximate surface area is 199 Å². The Morgan fingerprint density at radius 1 is 1.06 bits per heavy atom. The molecule has 3 aliphatic rings. The van der Waals surface area contributed by atoms with E-state index in [9.17, 15) is 4.79 Å². The minimum atomic E-state index is -0.0582. The van der Waals surface area contributed by atoms with Gasteiger partial charge in [-0.05, 0) is 56.9 Å². The van der Waals surface area contributed by atoms with E-state index in [1.165, 1.54) is 12.8 Å². The standard InChI is InChI=1S/C26H30N6O2/c1-16-21(15-31(4)29-16)17-5-6-18-14-32(24(33)20(18)11-17)22-7-8-23(28-27-22)34-19-12-25(2)9-10-26(3,13-19)30-25/h5-8,11,15,19,30H,9-10,12-14H2,1-4H3. The molecule has 3 aromatic rings. The summed E-state index contributed by atoms with van der Waals surface area (Å²) in [5, 5.41) is 16.9. The van der Waals surface area contributed by atoms with Crippen molar-refractivity contribution in [2.45, 2.75) is 70.2 Å². The molecule has 3 aliphatic heterocycles. The maximum Gasteiger partial charge on any atom is 0.260 e. The number of carbonyl (C=O) groups is 1. The lowest BCUT2D eigenvalue weighted by Gasteiger charge is -2.41. The molecule has 2 bridgehead atoms. The molecule has 2 aromatic heterocycles. The van der Waals surface area contributed by atoms with Gasteiger partial charge in [0.1, 0.15) is 6.10 Å². The van der Waals surface area contributed by atoms with E-state index in [4.69, 9.17) is 4.74 Å². The zero-order chi connectivity index (χ0) is 23.7. The van der Waals surface area contributed by atoms with Crippen LogP contribution in [0, 0.1) is 6.92 Å². The van der Waals surface area contributed by atoms with Crippen LogP contribution in [0.4, 0.5) is 5.82 Å². The van der Waals surface area contributed by atoms with Crippen LogP contribution in [0.3, 0.4) is 0 Å². The van der Waals surface area contributed by atoms with E-state index in [1.54, 1.807) is 9.58 Å². The van der Waals surface area contributed by atoms with Crippen molar-refractivity contribution in [3.8, 4) is 17.0 Å². The molecule has 1 N–H and O–H groups in total. The molecule has 2 unspecified atom stereocenters.